The Balaban J connectivity index is 1.87. The molecule has 0 unspecified atom stereocenters. The quantitative estimate of drug-likeness (QED) is 0.892. The van der Waals surface area contributed by atoms with E-state index in [-0.39, 0.29) is 0 Å². The largest absolute Gasteiger partial charge is 0.381 e. The summed E-state index contributed by atoms with van der Waals surface area (Å²) < 4.78 is 0. The Morgan fingerprint density at radius 3 is 2.65 bits per heavy atom. The molecule has 1 aliphatic carbocycles. The number of nitrogens with zero attached hydrogens (tertiary/aromatic N) is 2. The highest BCUT2D eigenvalue weighted by atomic mass is 32.2. The molecule has 1 aliphatic rings. The Hall–Kier alpha value is -1.21. The van der Waals surface area contributed by atoms with Gasteiger partial charge in [0.05, 0.1) is 11.9 Å². The zero-order valence-electron chi connectivity index (χ0n) is 10.0. The Kier molecular flexibility index (Phi) is 4.27. The van der Waals surface area contributed by atoms with Crippen LogP contribution in [0.4, 0.5) is 5.69 Å². The second-order valence-electron chi connectivity index (χ2n) is 4.40. The van der Waals surface area contributed by atoms with Crippen LogP contribution in [0.2, 0.25) is 0 Å². The molecule has 4 heteroatoms. The molecule has 0 saturated heterocycles. The van der Waals surface area contributed by atoms with Gasteiger partial charge in [0.25, 0.3) is 0 Å². The molecule has 3 nitrogen and oxygen atoms in total. The molecule has 1 aromatic heterocycles. The van der Waals surface area contributed by atoms with Gasteiger partial charge in [-0.1, -0.05) is 0 Å². The molecule has 1 saturated carbocycles. The molecule has 1 heterocycles. The van der Waals surface area contributed by atoms with Crippen molar-refractivity contribution in [3.63, 3.8) is 0 Å². The van der Waals surface area contributed by atoms with Gasteiger partial charge in [0.2, 0.25) is 0 Å². The van der Waals surface area contributed by atoms with E-state index in [1.807, 2.05) is 23.9 Å². The first-order valence-corrected chi connectivity index (χ1v) is 7.26. The van der Waals surface area contributed by atoms with Crippen molar-refractivity contribution in [2.45, 2.75) is 37.0 Å². The van der Waals surface area contributed by atoms with Crippen LogP contribution in [0, 0.1) is 11.3 Å². The lowest BCUT2D eigenvalue weighted by atomic mass is 9.95. The fourth-order valence-electron chi connectivity index (χ4n) is 2.22. The third kappa shape index (κ3) is 3.37. The first-order chi connectivity index (χ1) is 8.31. The first-order valence-electron chi connectivity index (χ1n) is 5.97. The van der Waals surface area contributed by atoms with E-state index in [1.54, 1.807) is 12.3 Å². The van der Waals surface area contributed by atoms with Crippen molar-refractivity contribution < 1.29 is 0 Å². The molecular formula is C13H17N3S. The summed E-state index contributed by atoms with van der Waals surface area (Å²) in [6.45, 7) is 0. The van der Waals surface area contributed by atoms with Gasteiger partial charge in [-0.3, -0.25) is 0 Å². The fourth-order valence-corrected chi connectivity index (χ4v) is 2.97. The third-order valence-corrected chi connectivity index (χ3v) is 4.39. The molecule has 90 valence electrons. The van der Waals surface area contributed by atoms with Crippen molar-refractivity contribution >= 4 is 17.4 Å². The minimum Gasteiger partial charge on any atom is -0.381 e. The number of thioether (sulfide) groups is 1. The van der Waals surface area contributed by atoms with Gasteiger partial charge in [0.1, 0.15) is 11.8 Å². The molecule has 0 aliphatic heterocycles. The van der Waals surface area contributed by atoms with Crippen molar-refractivity contribution in [2.24, 2.45) is 0 Å². The predicted octanol–water partition coefficient (Wildman–Crippen LogP) is 3.04. The van der Waals surface area contributed by atoms with Crippen LogP contribution in [0.5, 0.6) is 0 Å². The van der Waals surface area contributed by atoms with Crippen molar-refractivity contribution in [1.82, 2.24) is 4.98 Å². The number of nitriles is 1. The molecule has 17 heavy (non-hydrogen) atoms. The van der Waals surface area contributed by atoms with Gasteiger partial charge in [-0.15, -0.1) is 0 Å². The summed E-state index contributed by atoms with van der Waals surface area (Å²) >= 11 is 1.98. The van der Waals surface area contributed by atoms with Gasteiger partial charge < -0.3 is 5.32 Å². The van der Waals surface area contributed by atoms with E-state index in [0.717, 1.165) is 10.9 Å². The van der Waals surface area contributed by atoms with Crippen LogP contribution in [-0.2, 0) is 0 Å². The van der Waals surface area contributed by atoms with E-state index in [1.165, 1.54) is 25.7 Å². The summed E-state index contributed by atoms with van der Waals surface area (Å²) in [6, 6.07) is 6.29. The van der Waals surface area contributed by atoms with Crippen LogP contribution in [0.15, 0.2) is 18.3 Å². The molecule has 0 bridgehead atoms. The topological polar surface area (TPSA) is 48.7 Å². The van der Waals surface area contributed by atoms with Gasteiger partial charge in [0, 0.05) is 11.3 Å². The van der Waals surface area contributed by atoms with Crippen LogP contribution in [-0.4, -0.2) is 22.5 Å². The molecule has 1 fully saturated rings. The zero-order chi connectivity index (χ0) is 12.1. The van der Waals surface area contributed by atoms with Crippen molar-refractivity contribution in [3.8, 4) is 6.07 Å². The average Bonchev–Trinajstić information content (AvgIpc) is 2.40. The van der Waals surface area contributed by atoms with E-state index >= 15 is 0 Å². The van der Waals surface area contributed by atoms with Gasteiger partial charge in [-0.25, -0.2) is 4.98 Å². The van der Waals surface area contributed by atoms with E-state index in [4.69, 9.17) is 5.26 Å². The highest BCUT2D eigenvalue weighted by Crippen LogP contribution is 2.28. The maximum Gasteiger partial charge on any atom is 0.140 e. The van der Waals surface area contributed by atoms with E-state index < -0.39 is 0 Å². The lowest BCUT2D eigenvalue weighted by Gasteiger charge is -2.28. The summed E-state index contributed by atoms with van der Waals surface area (Å²) in [5.74, 6) is 0. The number of hydrogen-bond acceptors (Lipinski definition) is 4. The number of hydrogen-bond donors (Lipinski definition) is 1. The Labute approximate surface area is 107 Å². The molecular weight excluding hydrogens is 230 g/mol. The van der Waals surface area contributed by atoms with Gasteiger partial charge in [-0.05, 0) is 44.1 Å². The monoisotopic (exact) mass is 247 g/mol. The van der Waals surface area contributed by atoms with E-state index in [0.29, 0.717) is 11.7 Å². The van der Waals surface area contributed by atoms with Crippen LogP contribution in [0.25, 0.3) is 0 Å². The molecule has 0 radical (unpaired) electrons. The average molecular weight is 247 g/mol. The fraction of sp³-hybridized carbons (Fsp3) is 0.538. The maximum absolute atomic E-state index is 8.67. The molecule has 1 aromatic rings. The van der Waals surface area contributed by atoms with Crippen LogP contribution in [0.1, 0.15) is 31.4 Å². The highest BCUT2D eigenvalue weighted by molar-refractivity contribution is 7.99. The lowest BCUT2D eigenvalue weighted by Crippen LogP contribution is -2.27. The van der Waals surface area contributed by atoms with Crippen molar-refractivity contribution in [1.29, 1.82) is 5.26 Å². The SMILES string of the molecule is CSC1CCC(Nc2ccc(C#N)nc2)CC1. The number of pyridine rings is 1. The summed E-state index contributed by atoms with van der Waals surface area (Å²) in [7, 11) is 0. The minimum atomic E-state index is 0.474. The Morgan fingerprint density at radius 1 is 1.35 bits per heavy atom. The molecule has 0 aromatic carbocycles. The standard InChI is InChI=1S/C13H17N3S/c1-17-13-6-4-10(5-7-13)16-12-3-2-11(8-14)15-9-12/h2-3,9-10,13,16H,4-7H2,1H3. The zero-order valence-corrected chi connectivity index (χ0v) is 10.8. The Morgan fingerprint density at radius 2 is 2.12 bits per heavy atom. The Bertz CT molecular complexity index is 388. The maximum atomic E-state index is 8.67. The third-order valence-electron chi connectivity index (χ3n) is 3.26. The van der Waals surface area contributed by atoms with Crippen LogP contribution >= 0.6 is 11.8 Å². The van der Waals surface area contributed by atoms with Gasteiger partial charge >= 0.3 is 0 Å². The number of anilines is 1. The number of aromatic nitrogens is 1. The predicted molar refractivity (Wildman–Crippen MR) is 72.1 cm³/mol. The summed E-state index contributed by atoms with van der Waals surface area (Å²) in [5.41, 5.74) is 1.50. The highest BCUT2D eigenvalue weighted by Gasteiger charge is 2.20. The molecule has 0 atom stereocenters. The summed E-state index contributed by atoms with van der Waals surface area (Å²) in [4.78, 5) is 4.07. The van der Waals surface area contributed by atoms with Gasteiger partial charge in [-0.2, -0.15) is 17.0 Å². The molecule has 1 N–H and O–H groups in total. The number of nitrogens with one attached hydrogen (secondary N) is 1. The minimum absolute atomic E-state index is 0.474. The smallest absolute Gasteiger partial charge is 0.140 e. The second kappa shape index (κ2) is 5.92. The van der Waals surface area contributed by atoms with Crippen LogP contribution in [0.3, 0.4) is 0 Å². The molecule has 2 rings (SSSR count). The van der Waals surface area contributed by atoms with Gasteiger partial charge in [0.15, 0.2) is 0 Å². The normalized spacial score (nSPS) is 24.0. The van der Waals surface area contributed by atoms with Crippen LogP contribution < -0.4 is 5.32 Å². The van der Waals surface area contributed by atoms with E-state index in [9.17, 15) is 0 Å². The summed E-state index contributed by atoms with van der Waals surface area (Å²) in [5, 5.41) is 13.0. The molecule has 0 spiro atoms. The lowest BCUT2D eigenvalue weighted by molar-refractivity contribution is 0.473. The van der Waals surface area contributed by atoms with Crippen molar-refractivity contribution in [3.05, 3.63) is 24.0 Å². The van der Waals surface area contributed by atoms with E-state index in [2.05, 4.69) is 16.6 Å². The number of rotatable bonds is 3. The first kappa shape index (κ1) is 12.3. The summed E-state index contributed by atoms with van der Waals surface area (Å²) in [6.07, 6.45) is 8.99. The molecule has 0 amide bonds. The second-order valence-corrected chi connectivity index (χ2v) is 5.54. The van der Waals surface area contributed by atoms with Crippen molar-refractivity contribution in [2.75, 3.05) is 11.6 Å².